The van der Waals surface area contributed by atoms with Gasteiger partial charge in [-0.25, -0.2) is 9.78 Å². The third-order valence-electron chi connectivity index (χ3n) is 3.63. The highest BCUT2D eigenvalue weighted by Gasteiger charge is 2.12. The molecule has 0 saturated carbocycles. The molecular weight excluding hydrogens is 294 g/mol. The molecule has 6 nitrogen and oxygen atoms in total. The van der Waals surface area contributed by atoms with Crippen molar-refractivity contribution in [1.29, 1.82) is 0 Å². The van der Waals surface area contributed by atoms with Crippen LogP contribution in [-0.4, -0.2) is 26.4 Å². The van der Waals surface area contributed by atoms with Gasteiger partial charge in [-0.15, -0.1) is 0 Å². The van der Waals surface area contributed by atoms with E-state index >= 15 is 0 Å². The lowest BCUT2D eigenvalue weighted by Crippen LogP contribution is -2.23. The van der Waals surface area contributed by atoms with Gasteiger partial charge < -0.3 is 14.8 Å². The molecule has 0 fully saturated rings. The molecule has 2 N–H and O–H groups in total. The number of benzene rings is 1. The molecule has 0 aliphatic rings. The van der Waals surface area contributed by atoms with Crippen molar-refractivity contribution < 1.29 is 14.7 Å². The molecule has 2 aromatic heterocycles. The van der Waals surface area contributed by atoms with E-state index in [0.29, 0.717) is 11.3 Å². The molecule has 23 heavy (non-hydrogen) atoms. The van der Waals surface area contributed by atoms with Gasteiger partial charge in [0.15, 0.2) is 0 Å². The molecule has 0 saturated heterocycles. The quantitative estimate of drug-likeness (QED) is 0.774. The van der Waals surface area contributed by atoms with Crippen molar-refractivity contribution in [2.24, 2.45) is 0 Å². The van der Waals surface area contributed by atoms with Crippen LogP contribution in [0.25, 0.3) is 5.65 Å². The number of rotatable bonds is 4. The maximum atomic E-state index is 12.2. The zero-order valence-electron chi connectivity index (χ0n) is 12.5. The van der Waals surface area contributed by atoms with E-state index in [1.807, 2.05) is 31.3 Å². The lowest BCUT2D eigenvalue weighted by atomic mass is 10.0. The van der Waals surface area contributed by atoms with Gasteiger partial charge in [0.25, 0.3) is 5.91 Å². The summed E-state index contributed by atoms with van der Waals surface area (Å²) in [5.74, 6) is -1.29. The summed E-state index contributed by atoms with van der Waals surface area (Å²) in [4.78, 5) is 27.5. The Kier molecular flexibility index (Phi) is 3.80. The summed E-state index contributed by atoms with van der Waals surface area (Å²) >= 11 is 0. The van der Waals surface area contributed by atoms with Crippen LogP contribution in [0.4, 0.5) is 0 Å². The highest BCUT2D eigenvalue weighted by atomic mass is 16.4. The van der Waals surface area contributed by atoms with Gasteiger partial charge in [-0.05, 0) is 42.3 Å². The van der Waals surface area contributed by atoms with Gasteiger partial charge in [-0.2, -0.15) is 0 Å². The van der Waals surface area contributed by atoms with E-state index in [-0.39, 0.29) is 18.0 Å². The van der Waals surface area contributed by atoms with Crippen LogP contribution >= 0.6 is 0 Å². The Labute approximate surface area is 132 Å². The number of carboxylic acid groups (broad SMARTS) is 1. The average Bonchev–Trinajstić information content (AvgIpc) is 2.97. The molecule has 3 aromatic rings. The van der Waals surface area contributed by atoms with E-state index < -0.39 is 5.97 Å². The fraction of sp³-hybridized carbons (Fsp3) is 0.118. The first-order valence-electron chi connectivity index (χ1n) is 7.09. The minimum Gasteiger partial charge on any atom is -0.478 e. The van der Waals surface area contributed by atoms with Crippen LogP contribution in [0.1, 0.15) is 32.0 Å². The van der Waals surface area contributed by atoms with Gasteiger partial charge in [0.1, 0.15) is 11.3 Å². The molecule has 0 atom stereocenters. The number of hydrogen-bond acceptors (Lipinski definition) is 3. The lowest BCUT2D eigenvalue weighted by molar-refractivity contribution is 0.0696. The molecule has 0 unspecified atom stereocenters. The molecule has 0 aliphatic heterocycles. The molecule has 6 heteroatoms. The minimum atomic E-state index is -0.988. The van der Waals surface area contributed by atoms with Crippen molar-refractivity contribution >= 4 is 17.5 Å². The van der Waals surface area contributed by atoms with E-state index in [9.17, 15) is 9.59 Å². The number of carbonyl (C=O) groups is 2. The summed E-state index contributed by atoms with van der Waals surface area (Å²) in [5.41, 5.74) is 2.91. The topological polar surface area (TPSA) is 83.7 Å². The molecule has 0 bridgehead atoms. The molecule has 0 aliphatic carbocycles. The molecule has 2 heterocycles. The Bertz CT molecular complexity index is 866. The van der Waals surface area contributed by atoms with Crippen LogP contribution in [0.2, 0.25) is 0 Å². The number of aromatic nitrogens is 2. The van der Waals surface area contributed by atoms with Gasteiger partial charge in [0, 0.05) is 18.9 Å². The Morgan fingerprint density at radius 1 is 1.26 bits per heavy atom. The number of amides is 1. The van der Waals surface area contributed by atoms with Gasteiger partial charge >= 0.3 is 5.97 Å². The first kappa shape index (κ1) is 14.8. The van der Waals surface area contributed by atoms with Gasteiger partial charge in [0.05, 0.1) is 5.56 Å². The van der Waals surface area contributed by atoms with E-state index in [2.05, 4.69) is 10.3 Å². The molecule has 0 radical (unpaired) electrons. The second-order valence-electron chi connectivity index (χ2n) is 5.22. The Balaban J connectivity index is 1.76. The zero-order valence-corrected chi connectivity index (χ0v) is 12.5. The summed E-state index contributed by atoms with van der Waals surface area (Å²) in [6, 6.07) is 10.4. The standard InChI is InChI=1S/C17H15N3O3/c1-11-5-6-12(17(22)23)8-13(11)9-18-16(21)14-10-20-7-3-2-4-15(20)19-14/h2-8,10H,9H2,1H3,(H,18,21)(H,22,23). The Morgan fingerprint density at radius 2 is 2.09 bits per heavy atom. The van der Waals surface area contributed by atoms with E-state index in [4.69, 9.17) is 5.11 Å². The van der Waals surface area contributed by atoms with Crippen molar-refractivity contribution in [3.8, 4) is 0 Å². The van der Waals surface area contributed by atoms with Crippen LogP contribution in [0.15, 0.2) is 48.8 Å². The van der Waals surface area contributed by atoms with Gasteiger partial charge in [-0.3, -0.25) is 4.79 Å². The number of carbonyl (C=O) groups excluding carboxylic acids is 1. The number of nitrogens with zero attached hydrogens (tertiary/aromatic N) is 2. The van der Waals surface area contributed by atoms with E-state index in [1.54, 1.807) is 28.8 Å². The number of carboxylic acids is 1. The molecule has 1 aromatic carbocycles. The minimum absolute atomic E-state index is 0.201. The van der Waals surface area contributed by atoms with Crippen molar-refractivity contribution in [3.63, 3.8) is 0 Å². The predicted octanol–water partition coefficient (Wildman–Crippen LogP) is 2.27. The number of aromatic carboxylic acids is 1. The van der Waals surface area contributed by atoms with Crippen LogP contribution < -0.4 is 5.32 Å². The SMILES string of the molecule is Cc1ccc(C(=O)O)cc1CNC(=O)c1cn2ccccc2n1. The summed E-state index contributed by atoms with van der Waals surface area (Å²) in [6.45, 7) is 2.12. The number of fused-ring (bicyclic) bond motifs is 1. The maximum Gasteiger partial charge on any atom is 0.335 e. The number of hydrogen-bond donors (Lipinski definition) is 2. The third-order valence-corrected chi connectivity index (χ3v) is 3.63. The smallest absolute Gasteiger partial charge is 0.335 e. The van der Waals surface area contributed by atoms with Crippen molar-refractivity contribution in [2.45, 2.75) is 13.5 Å². The highest BCUT2D eigenvalue weighted by molar-refractivity contribution is 5.93. The second kappa shape index (κ2) is 5.92. The fourth-order valence-corrected chi connectivity index (χ4v) is 2.31. The zero-order chi connectivity index (χ0) is 16.4. The van der Waals surface area contributed by atoms with Crippen LogP contribution in [-0.2, 0) is 6.54 Å². The van der Waals surface area contributed by atoms with Crippen LogP contribution in [0.3, 0.4) is 0 Å². The normalized spacial score (nSPS) is 10.7. The highest BCUT2D eigenvalue weighted by Crippen LogP contribution is 2.12. The molecule has 1 amide bonds. The summed E-state index contributed by atoms with van der Waals surface area (Å²) in [6.07, 6.45) is 3.48. The molecule has 0 spiro atoms. The Hall–Kier alpha value is -3.15. The first-order chi connectivity index (χ1) is 11.0. The number of imidazole rings is 1. The van der Waals surface area contributed by atoms with Crippen LogP contribution in [0, 0.1) is 6.92 Å². The molecular formula is C17H15N3O3. The van der Waals surface area contributed by atoms with Gasteiger partial charge in [0.2, 0.25) is 0 Å². The number of pyridine rings is 1. The van der Waals surface area contributed by atoms with Gasteiger partial charge in [-0.1, -0.05) is 12.1 Å². The van der Waals surface area contributed by atoms with Crippen LogP contribution in [0.5, 0.6) is 0 Å². The summed E-state index contributed by atoms with van der Waals surface area (Å²) in [5, 5.41) is 11.8. The largest absolute Gasteiger partial charge is 0.478 e. The summed E-state index contributed by atoms with van der Waals surface area (Å²) < 4.78 is 1.77. The first-order valence-corrected chi connectivity index (χ1v) is 7.09. The third kappa shape index (κ3) is 3.06. The van der Waals surface area contributed by atoms with E-state index in [0.717, 1.165) is 11.1 Å². The van der Waals surface area contributed by atoms with E-state index in [1.165, 1.54) is 0 Å². The van der Waals surface area contributed by atoms with Crippen molar-refractivity contribution in [3.05, 3.63) is 71.2 Å². The predicted molar refractivity (Wildman–Crippen MR) is 84.5 cm³/mol. The second-order valence-corrected chi connectivity index (χ2v) is 5.22. The molecule has 116 valence electrons. The monoisotopic (exact) mass is 309 g/mol. The Morgan fingerprint density at radius 3 is 2.83 bits per heavy atom. The maximum absolute atomic E-state index is 12.2. The fourth-order valence-electron chi connectivity index (χ4n) is 2.31. The van der Waals surface area contributed by atoms with Crippen molar-refractivity contribution in [2.75, 3.05) is 0 Å². The number of nitrogens with one attached hydrogen (secondary N) is 1. The molecule has 3 rings (SSSR count). The van der Waals surface area contributed by atoms with Crippen molar-refractivity contribution in [1.82, 2.24) is 14.7 Å². The summed E-state index contributed by atoms with van der Waals surface area (Å²) in [7, 11) is 0. The average molecular weight is 309 g/mol. The lowest BCUT2D eigenvalue weighted by Gasteiger charge is -2.08. The number of aryl methyl sites for hydroxylation is 1.